The first-order chi connectivity index (χ1) is 8.96. The van der Waals surface area contributed by atoms with Crippen LogP contribution >= 0.6 is 0 Å². The maximum Gasteiger partial charge on any atom is 0.329 e. The number of carbonyl (C=O) groups is 2. The molecule has 0 heterocycles. The summed E-state index contributed by atoms with van der Waals surface area (Å²) in [5.74, 6) is -1.41. The molecule has 0 aromatic rings. The molecule has 2 unspecified atom stereocenters. The van der Waals surface area contributed by atoms with Gasteiger partial charge in [0.2, 0.25) is 5.91 Å². The Morgan fingerprint density at radius 2 is 1.79 bits per heavy atom. The Kier molecular flexibility index (Phi) is 5.79. The van der Waals surface area contributed by atoms with Gasteiger partial charge in [0.25, 0.3) is 0 Å². The number of carboxylic acid groups (broad SMARTS) is 1. The second kappa shape index (κ2) is 6.89. The molecule has 2 atom stereocenters. The molecule has 0 aliphatic heterocycles. The van der Waals surface area contributed by atoms with Gasteiger partial charge in [0.05, 0.1) is 5.92 Å². The molecule has 4 N–H and O–H groups in total. The minimum Gasteiger partial charge on any atom is -0.480 e. The van der Waals surface area contributed by atoms with Gasteiger partial charge in [0.15, 0.2) is 0 Å². The molecule has 0 saturated heterocycles. The van der Waals surface area contributed by atoms with Gasteiger partial charge in [-0.2, -0.15) is 0 Å². The number of nitrogens with two attached hydrogens (primary N) is 1. The summed E-state index contributed by atoms with van der Waals surface area (Å²) in [6.07, 6.45) is 5.51. The lowest BCUT2D eigenvalue weighted by atomic mass is 9.89. The van der Waals surface area contributed by atoms with Crippen molar-refractivity contribution in [2.45, 2.75) is 70.4 Å². The van der Waals surface area contributed by atoms with E-state index in [-0.39, 0.29) is 17.9 Å². The summed E-state index contributed by atoms with van der Waals surface area (Å²) in [4.78, 5) is 23.7. The SMILES string of the molecule is CCC(CC)(NC(=O)C1CCCCCC1N)C(=O)O. The average Bonchev–Trinajstić information content (AvgIpc) is 2.60. The zero-order valence-electron chi connectivity index (χ0n) is 11.9. The fourth-order valence-electron chi connectivity index (χ4n) is 2.77. The van der Waals surface area contributed by atoms with E-state index in [1.165, 1.54) is 0 Å². The summed E-state index contributed by atoms with van der Waals surface area (Å²) in [5, 5.41) is 12.1. The highest BCUT2D eigenvalue weighted by molar-refractivity contribution is 5.88. The molecule has 5 nitrogen and oxygen atoms in total. The van der Waals surface area contributed by atoms with Crippen LogP contribution in [0.15, 0.2) is 0 Å². The minimum absolute atomic E-state index is 0.150. The van der Waals surface area contributed by atoms with E-state index in [2.05, 4.69) is 5.32 Å². The van der Waals surface area contributed by atoms with Gasteiger partial charge in [0.1, 0.15) is 5.54 Å². The number of nitrogens with one attached hydrogen (secondary N) is 1. The Bertz CT molecular complexity index is 327. The van der Waals surface area contributed by atoms with Gasteiger partial charge in [-0.05, 0) is 25.7 Å². The zero-order valence-corrected chi connectivity index (χ0v) is 11.9. The first-order valence-electron chi connectivity index (χ1n) is 7.28. The topological polar surface area (TPSA) is 92.4 Å². The van der Waals surface area contributed by atoms with Gasteiger partial charge in [0, 0.05) is 6.04 Å². The highest BCUT2D eigenvalue weighted by Gasteiger charge is 2.39. The Balaban J connectivity index is 2.78. The van der Waals surface area contributed by atoms with Crippen molar-refractivity contribution < 1.29 is 14.7 Å². The van der Waals surface area contributed by atoms with Gasteiger partial charge in [-0.15, -0.1) is 0 Å². The number of rotatable bonds is 5. The Morgan fingerprint density at radius 3 is 2.32 bits per heavy atom. The van der Waals surface area contributed by atoms with Crippen LogP contribution in [0.1, 0.15) is 58.8 Å². The van der Waals surface area contributed by atoms with Crippen LogP contribution in [0.2, 0.25) is 0 Å². The van der Waals surface area contributed by atoms with Gasteiger partial charge in [-0.3, -0.25) is 4.79 Å². The summed E-state index contributed by atoms with van der Waals surface area (Å²) >= 11 is 0. The maximum atomic E-state index is 12.3. The van der Waals surface area contributed by atoms with Crippen molar-refractivity contribution in [2.24, 2.45) is 11.7 Å². The minimum atomic E-state index is -1.15. The van der Waals surface area contributed by atoms with Crippen LogP contribution in [-0.4, -0.2) is 28.6 Å². The second-order valence-electron chi connectivity index (χ2n) is 5.49. The van der Waals surface area contributed by atoms with E-state index in [9.17, 15) is 14.7 Å². The molecule has 1 saturated carbocycles. The van der Waals surface area contributed by atoms with Crippen LogP contribution in [0.5, 0.6) is 0 Å². The van der Waals surface area contributed by atoms with Crippen molar-refractivity contribution in [1.29, 1.82) is 0 Å². The molecule has 0 aromatic heterocycles. The van der Waals surface area contributed by atoms with E-state index in [4.69, 9.17) is 5.73 Å². The lowest BCUT2D eigenvalue weighted by Gasteiger charge is -2.31. The lowest BCUT2D eigenvalue weighted by Crippen LogP contribution is -2.56. The van der Waals surface area contributed by atoms with E-state index >= 15 is 0 Å². The number of hydrogen-bond acceptors (Lipinski definition) is 3. The second-order valence-corrected chi connectivity index (χ2v) is 5.49. The summed E-state index contributed by atoms with van der Waals surface area (Å²) in [5.41, 5.74) is 4.90. The highest BCUT2D eigenvalue weighted by Crippen LogP contribution is 2.24. The van der Waals surface area contributed by atoms with E-state index in [0.717, 1.165) is 32.1 Å². The molecule has 5 heteroatoms. The first kappa shape index (κ1) is 16.0. The fourth-order valence-corrected chi connectivity index (χ4v) is 2.77. The number of aliphatic carboxylic acids is 1. The van der Waals surface area contributed by atoms with Crippen LogP contribution < -0.4 is 11.1 Å². The quantitative estimate of drug-likeness (QED) is 0.662. The molecule has 0 radical (unpaired) electrons. The Morgan fingerprint density at radius 1 is 1.21 bits per heavy atom. The molecular weight excluding hydrogens is 244 g/mol. The summed E-state index contributed by atoms with van der Waals surface area (Å²) in [6, 6.07) is -0.150. The Hall–Kier alpha value is -1.10. The van der Waals surface area contributed by atoms with Gasteiger partial charge >= 0.3 is 5.97 Å². The standard InChI is InChI=1S/C14H26N2O3/c1-3-14(4-2,13(18)19)16-12(17)10-8-6-5-7-9-11(10)15/h10-11H,3-9,15H2,1-2H3,(H,16,17)(H,18,19). The van der Waals surface area contributed by atoms with Crippen LogP contribution in [-0.2, 0) is 9.59 Å². The van der Waals surface area contributed by atoms with Crippen molar-refractivity contribution in [3.05, 3.63) is 0 Å². The highest BCUT2D eigenvalue weighted by atomic mass is 16.4. The summed E-state index contributed by atoms with van der Waals surface area (Å²) < 4.78 is 0. The van der Waals surface area contributed by atoms with Crippen molar-refractivity contribution in [3.63, 3.8) is 0 Å². The molecule has 0 bridgehead atoms. The van der Waals surface area contributed by atoms with Crippen LogP contribution in [0.4, 0.5) is 0 Å². The largest absolute Gasteiger partial charge is 0.480 e. The third-order valence-corrected chi connectivity index (χ3v) is 4.39. The molecule has 110 valence electrons. The third-order valence-electron chi connectivity index (χ3n) is 4.39. The number of hydrogen-bond donors (Lipinski definition) is 3. The molecule has 1 amide bonds. The van der Waals surface area contributed by atoms with E-state index in [1.54, 1.807) is 13.8 Å². The lowest BCUT2D eigenvalue weighted by molar-refractivity contribution is -0.149. The van der Waals surface area contributed by atoms with Crippen molar-refractivity contribution in [3.8, 4) is 0 Å². The van der Waals surface area contributed by atoms with Crippen molar-refractivity contribution >= 4 is 11.9 Å². The number of amides is 1. The third kappa shape index (κ3) is 3.69. The molecule has 1 aliphatic rings. The van der Waals surface area contributed by atoms with Gasteiger partial charge in [-0.25, -0.2) is 4.79 Å². The normalized spacial score (nSPS) is 24.6. The molecular formula is C14H26N2O3. The van der Waals surface area contributed by atoms with Crippen LogP contribution in [0.25, 0.3) is 0 Å². The predicted octanol–water partition coefficient (Wildman–Crippen LogP) is 1.65. The van der Waals surface area contributed by atoms with Gasteiger partial charge in [-0.1, -0.05) is 33.1 Å². The molecule has 1 fully saturated rings. The average molecular weight is 270 g/mol. The van der Waals surface area contributed by atoms with Crippen LogP contribution in [0.3, 0.4) is 0 Å². The predicted molar refractivity (Wildman–Crippen MR) is 73.6 cm³/mol. The monoisotopic (exact) mass is 270 g/mol. The smallest absolute Gasteiger partial charge is 0.329 e. The molecule has 1 rings (SSSR count). The van der Waals surface area contributed by atoms with Gasteiger partial charge < -0.3 is 16.2 Å². The van der Waals surface area contributed by atoms with E-state index < -0.39 is 11.5 Å². The van der Waals surface area contributed by atoms with Crippen molar-refractivity contribution in [2.75, 3.05) is 0 Å². The molecule has 0 aromatic carbocycles. The van der Waals surface area contributed by atoms with Crippen molar-refractivity contribution in [1.82, 2.24) is 5.32 Å². The maximum absolute atomic E-state index is 12.3. The molecule has 0 spiro atoms. The number of carboxylic acids is 1. The zero-order chi connectivity index (χ0) is 14.5. The Labute approximate surface area is 114 Å². The molecule has 19 heavy (non-hydrogen) atoms. The van der Waals surface area contributed by atoms with E-state index in [0.29, 0.717) is 12.8 Å². The fraction of sp³-hybridized carbons (Fsp3) is 0.857. The van der Waals surface area contributed by atoms with E-state index in [1.807, 2.05) is 0 Å². The summed E-state index contributed by atoms with van der Waals surface area (Å²) in [7, 11) is 0. The molecule has 1 aliphatic carbocycles. The number of carbonyl (C=O) groups excluding carboxylic acids is 1. The first-order valence-corrected chi connectivity index (χ1v) is 7.28. The summed E-state index contributed by atoms with van der Waals surface area (Å²) in [6.45, 7) is 3.57. The van der Waals surface area contributed by atoms with Crippen LogP contribution in [0, 0.1) is 5.92 Å².